The standard InChI is InChI=1S/C26H21BrO6/c1-15-21(32-14-20(28)16-7-9-18(27)10-8-16)12-11-19-24(29)23(33-25(15)19)13-17-5-4-6-22(30-2)26(17)31-3/h4-13H,14H2,1-3H3/b23-13-. The molecule has 0 atom stereocenters. The van der Waals surface area contributed by atoms with E-state index in [9.17, 15) is 9.59 Å². The smallest absolute Gasteiger partial charge is 0.231 e. The van der Waals surface area contributed by atoms with Crippen LogP contribution in [0.15, 0.2) is 64.8 Å². The molecule has 0 aromatic heterocycles. The number of ketones is 2. The second-order valence-electron chi connectivity index (χ2n) is 7.31. The van der Waals surface area contributed by atoms with Gasteiger partial charge in [-0.15, -0.1) is 0 Å². The monoisotopic (exact) mass is 508 g/mol. The fraction of sp³-hybridized carbons (Fsp3) is 0.154. The van der Waals surface area contributed by atoms with Crippen molar-refractivity contribution in [1.82, 2.24) is 0 Å². The molecule has 3 aromatic rings. The molecule has 3 aromatic carbocycles. The van der Waals surface area contributed by atoms with E-state index in [0.717, 1.165) is 4.47 Å². The molecule has 0 saturated heterocycles. The van der Waals surface area contributed by atoms with Crippen LogP contribution in [-0.4, -0.2) is 32.4 Å². The second kappa shape index (κ2) is 9.50. The Hall–Kier alpha value is -3.58. The summed E-state index contributed by atoms with van der Waals surface area (Å²) in [6, 6.07) is 15.8. The number of para-hydroxylation sites is 1. The first-order valence-corrected chi connectivity index (χ1v) is 10.9. The van der Waals surface area contributed by atoms with Crippen molar-refractivity contribution in [2.75, 3.05) is 20.8 Å². The van der Waals surface area contributed by atoms with Crippen LogP contribution in [-0.2, 0) is 0 Å². The third-order valence-electron chi connectivity index (χ3n) is 5.28. The Morgan fingerprint density at radius 3 is 2.45 bits per heavy atom. The van der Waals surface area contributed by atoms with Crippen molar-refractivity contribution in [3.05, 3.63) is 87.1 Å². The van der Waals surface area contributed by atoms with Crippen LogP contribution in [0.25, 0.3) is 6.08 Å². The quantitative estimate of drug-likeness (QED) is 0.303. The molecule has 0 N–H and O–H groups in total. The van der Waals surface area contributed by atoms with E-state index in [1.807, 2.05) is 6.07 Å². The van der Waals surface area contributed by atoms with E-state index in [1.54, 1.807) is 68.6 Å². The number of halogens is 1. The number of fused-ring (bicyclic) bond motifs is 1. The van der Waals surface area contributed by atoms with Gasteiger partial charge in [-0.05, 0) is 43.3 Å². The lowest BCUT2D eigenvalue weighted by Crippen LogP contribution is -2.12. The first-order chi connectivity index (χ1) is 15.9. The third kappa shape index (κ3) is 4.50. The van der Waals surface area contributed by atoms with Crippen LogP contribution in [0.1, 0.15) is 31.8 Å². The summed E-state index contributed by atoms with van der Waals surface area (Å²) < 4.78 is 23.3. The normalized spacial score (nSPS) is 13.5. The highest BCUT2D eigenvalue weighted by atomic mass is 79.9. The van der Waals surface area contributed by atoms with E-state index in [2.05, 4.69) is 15.9 Å². The van der Waals surface area contributed by atoms with Gasteiger partial charge in [-0.2, -0.15) is 0 Å². The number of hydrogen-bond donors (Lipinski definition) is 0. The lowest BCUT2D eigenvalue weighted by Gasteiger charge is -2.11. The summed E-state index contributed by atoms with van der Waals surface area (Å²) >= 11 is 3.35. The molecule has 0 radical (unpaired) electrons. The Morgan fingerprint density at radius 1 is 1.00 bits per heavy atom. The predicted molar refractivity (Wildman–Crippen MR) is 128 cm³/mol. The summed E-state index contributed by atoms with van der Waals surface area (Å²) in [5.74, 6) is 1.74. The fourth-order valence-electron chi connectivity index (χ4n) is 3.55. The summed E-state index contributed by atoms with van der Waals surface area (Å²) in [4.78, 5) is 25.4. The average Bonchev–Trinajstić information content (AvgIpc) is 3.14. The zero-order valence-corrected chi connectivity index (χ0v) is 19.9. The van der Waals surface area contributed by atoms with Gasteiger partial charge in [0.25, 0.3) is 0 Å². The molecular weight excluding hydrogens is 488 g/mol. The topological polar surface area (TPSA) is 71.1 Å². The summed E-state index contributed by atoms with van der Waals surface area (Å²) in [5, 5.41) is 0. The zero-order valence-electron chi connectivity index (χ0n) is 18.3. The van der Waals surface area contributed by atoms with Crippen molar-refractivity contribution >= 4 is 33.6 Å². The lowest BCUT2D eigenvalue weighted by atomic mass is 10.1. The Kier molecular flexibility index (Phi) is 6.51. The van der Waals surface area contributed by atoms with Crippen molar-refractivity contribution < 1.29 is 28.5 Å². The Morgan fingerprint density at radius 2 is 1.76 bits per heavy atom. The molecule has 168 valence electrons. The molecule has 0 aliphatic carbocycles. The van der Waals surface area contributed by atoms with Crippen LogP contribution < -0.4 is 18.9 Å². The molecule has 1 aliphatic rings. The van der Waals surface area contributed by atoms with Gasteiger partial charge in [0.2, 0.25) is 5.78 Å². The average molecular weight is 509 g/mol. The van der Waals surface area contributed by atoms with E-state index in [-0.39, 0.29) is 23.9 Å². The number of allylic oxidation sites excluding steroid dienone is 1. The highest BCUT2D eigenvalue weighted by Gasteiger charge is 2.30. The molecule has 6 nitrogen and oxygen atoms in total. The minimum atomic E-state index is -0.240. The molecule has 0 unspecified atom stereocenters. The summed E-state index contributed by atoms with van der Waals surface area (Å²) in [7, 11) is 3.09. The van der Waals surface area contributed by atoms with Crippen molar-refractivity contribution in [2.45, 2.75) is 6.92 Å². The van der Waals surface area contributed by atoms with Gasteiger partial charge in [-0.25, -0.2) is 0 Å². The van der Waals surface area contributed by atoms with Gasteiger partial charge >= 0.3 is 0 Å². The fourth-order valence-corrected chi connectivity index (χ4v) is 3.82. The Balaban J connectivity index is 1.56. The molecule has 0 bridgehead atoms. The van der Waals surface area contributed by atoms with Gasteiger partial charge in [0.05, 0.1) is 19.8 Å². The molecular formula is C26H21BrO6. The zero-order chi connectivity index (χ0) is 23.5. The maximum Gasteiger partial charge on any atom is 0.231 e. The van der Waals surface area contributed by atoms with Gasteiger partial charge in [0, 0.05) is 21.2 Å². The minimum Gasteiger partial charge on any atom is -0.493 e. The summed E-state index contributed by atoms with van der Waals surface area (Å²) in [6.07, 6.45) is 1.63. The van der Waals surface area contributed by atoms with Crippen molar-refractivity contribution in [3.63, 3.8) is 0 Å². The molecule has 1 heterocycles. The highest BCUT2D eigenvalue weighted by Crippen LogP contribution is 2.40. The number of carbonyl (C=O) groups excluding carboxylic acids is 2. The minimum absolute atomic E-state index is 0.126. The van der Waals surface area contributed by atoms with E-state index < -0.39 is 0 Å². The summed E-state index contributed by atoms with van der Waals surface area (Å²) in [6.45, 7) is 1.67. The van der Waals surface area contributed by atoms with Crippen molar-refractivity contribution in [3.8, 4) is 23.0 Å². The van der Waals surface area contributed by atoms with Crippen LogP contribution in [0.2, 0.25) is 0 Å². The Bertz CT molecular complexity index is 1260. The number of Topliss-reactive ketones (excluding diaryl/α,β-unsaturated/α-hetero) is 2. The molecule has 0 spiro atoms. The lowest BCUT2D eigenvalue weighted by molar-refractivity contribution is 0.0920. The third-order valence-corrected chi connectivity index (χ3v) is 5.81. The number of hydrogen-bond acceptors (Lipinski definition) is 6. The van der Waals surface area contributed by atoms with E-state index in [4.69, 9.17) is 18.9 Å². The molecule has 0 fully saturated rings. The van der Waals surface area contributed by atoms with Gasteiger partial charge < -0.3 is 18.9 Å². The van der Waals surface area contributed by atoms with Crippen LogP contribution in [0.5, 0.6) is 23.0 Å². The molecule has 4 rings (SSSR count). The van der Waals surface area contributed by atoms with Gasteiger partial charge in [0.15, 0.2) is 29.6 Å². The number of benzene rings is 3. The van der Waals surface area contributed by atoms with Crippen molar-refractivity contribution in [2.24, 2.45) is 0 Å². The van der Waals surface area contributed by atoms with Gasteiger partial charge in [-0.1, -0.05) is 40.2 Å². The number of carbonyl (C=O) groups is 2. The maximum atomic E-state index is 12.9. The number of ether oxygens (including phenoxy) is 4. The van der Waals surface area contributed by atoms with Crippen LogP contribution in [0.3, 0.4) is 0 Å². The van der Waals surface area contributed by atoms with E-state index in [1.165, 1.54) is 7.11 Å². The van der Waals surface area contributed by atoms with Gasteiger partial charge in [-0.3, -0.25) is 9.59 Å². The molecule has 0 saturated carbocycles. The molecule has 33 heavy (non-hydrogen) atoms. The first kappa shape index (κ1) is 22.6. The maximum absolute atomic E-state index is 12.9. The van der Waals surface area contributed by atoms with Crippen LogP contribution >= 0.6 is 15.9 Å². The molecule has 1 aliphatic heterocycles. The Labute approximate surface area is 199 Å². The number of rotatable bonds is 7. The predicted octanol–water partition coefficient (Wildman–Crippen LogP) is 5.65. The summed E-state index contributed by atoms with van der Waals surface area (Å²) in [5.41, 5.74) is 2.29. The van der Waals surface area contributed by atoms with E-state index in [0.29, 0.717) is 45.3 Å². The van der Waals surface area contributed by atoms with Gasteiger partial charge in [0.1, 0.15) is 11.5 Å². The molecule has 7 heteroatoms. The molecule has 0 amide bonds. The number of methoxy groups -OCH3 is 2. The first-order valence-electron chi connectivity index (χ1n) is 10.1. The second-order valence-corrected chi connectivity index (χ2v) is 8.22. The SMILES string of the molecule is COc1cccc(/C=C2\Oc3c(ccc(OCC(=O)c4ccc(Br)cc4)c3C)C2=O)c1OC. The largest absolute Gasteiger partial charge is 0.493 e. The van der Waals surface area contributed by atoms with Crippen LogP contribution in [0, 0.1) is 6.92 Å². The highest BCUT2D eigenvalue weighted by molar-refractivity contribution is 9.10. The van der Waals surface area contributed by atoms with Crippen LogP contribution in [0.4, 0.5) is 0 Å². The van der Waals surface area contributed by atoms with Crippen molar-refractivity contribution in [1.29, 1.82) is 0 Å². The van der Waals surface area contributed by atoms with E-state index >= 15 is 0 Å².